The summed E-state index contributed by atoms with van der Waals surface area (Å²) in [4.78, 5) is 4.90. The number of para-hydroxylation sites is 3. The number of fused-ring (bicyclic) bond motifs is 1. The molecule has 0 atom stereocenters. The lowest BCUT2D eigenvalue weighted by molar-refractivity contribution is 0.299. The smallest absolute Gasteiger partial charge is 0.125 e. The topological polar surface area (TPSA) is 27.1 Å². The Balaban J connectivity index is 1.43. The highest BCUT2D eigenvalue weighted by molar-refractivity contribution is 6.30. The highest BCUT2D eigenvalue weighted by Crippen LogP contribution is 2.23. The van der Waals surface area contributed by atoms with Crippen LogP contribution < -0.4 is 4.74 Å². The van der Waals surface area contributed by atoms with E-state index in [-0.39, 0.29) is 0 Å². The number of hydrogen-bond acceptors (Lipinski definition) is 2. The Labute approximate surface area is 183 Å². The largest absolute Gasteiger partial charge is 0.493 e. The lowest BCUT2D eigenvalue weighted by Gasteiger charge is -2.13. The summed E-state index contributed by atoms with van der Waals surface area (Å²) < 4.78 is 8.42. The van der Waals surface area contributed by atoms with Crippen LogP contribution in [-0.2, 0) is 13.0 Å². The van der Waals surface area contributed by atoms with Gasteiger partial charge in [-0.2, -0.15) is 0 Å². The van der Waals surface area contributed by atoms with Gasteiger partial charge in [-0.1, -0.05) is 54.1 Å². The first-order valence-electron chi connectivity index (χ1n) is 10.5. The molecule has 3 aromatic carbocycles. The molecule has 3 nitrogen and oxygen atoms in total. The molecule has 154 valence electrons. The minimum atomic E-state index is 0.727. The molecule has 0 aliphatic carbocycles. The Hall–Kier alpha value is -2.78. The first kappa shape index (κ1) is 20.5. The molecule has 1 heterocycles. The quantitative estimate of drug-likeness (QED) is 0.296. The molecule has 0 bridgehead atoms. The number of unbranched alkanes of at least 4 members (excludes halogenated alkanes) is 1. The predicted molar refractivity (Wildman–Crippen MR) is 125 cm³/mol. The van der Waals surface area contributed by atoms with Gasteiger partial charge in [-0.05, 0) is 67.6 Å². The lowest BCUT2D eigenvalue weighted by atomic mass is 10.1. The van der Waals surface area contributed by atoms with E-state index in [1.165, 1.54) is 22.2 Å². The Kier molecular flexibility index (Phi) is 6.39. The van der Waals surface area contributed by atoms with Gasteiger partial charge in [-0.25, -0.2) is 4.98 Å². The zero-order chi connectivity index (χ0) is 20.9. The molecule has 0 radical (unpaired) electrons. The molecule has 0 saturated carbocycles. The van der Waals surface area contributed by atoms with Gasteiger partial charge in [0.2, 0.25) is 0 Å². The second kappa shape index (κ2) is 9.36. The minimum absolute atomic E-state index is 0.727. The van der Waals surface area contributed by atoms with Crippen LogP contribution in [-0.4, -0.2) is 16.2 Å². The molecule has 30 heavy (non-hydrogen) atoms. The highest BCUT2D eigenvalue weighted by Gasteiger charge is 2.11. The summed E-state index contributed by atoms with van der Waals surface area (Å²) in [6.07, 6.45) is 2.84. The fourth-order valence-corrected chi connectivity index (χ4v) is 3.99. The molecule has 0 saturated heterocycles. The van der Waals surface area contributed by atoms with Gasteiger partial charge in [0.15, 0.2) is 0 Å². The van der Waals surface area contributed by atoms with E-state index in [9.17, 15) is 0 Å². The predicted octanol–water partition coefficient (Wildman–Crippen LogP) is 6.76. The Morgan fingerprint density at radius 2 is 1.60 bits per heavy atom. The summed E-state index contributed by atoms with van der Waals surface area (Å²) >= 11 is 6.04. The van der Waals surface area contributed by atoms with Gasteiger partial charge >= 0.3 is 0 Å². The maximum Gasteiger partial charge on any atom is 0.125 e. The van der Waals surface area contributed by atoms with E-state index in [1.54, 1.807) is 0 Å². The lowest BCUT2D eigenvalue weighted by Crippen LogP contribution is -2.07. The van der Waals surface area contributed by atoms with Gasteiger partial charge in [0, 0.05) is 18.0 Å². The minimum Gasteiger partial charge on any atom is -0.493 e. The normalized spacial score (nSPS) is 11.2. The van der Waals surface area contributed by atoms with Crippen molar-refractivity contribution in [2.45, 2.75) is 39.7 Å². The van der Waals surface area contributed by atoms with E-state index in [2.05, 4.69) is 66.9 Å². The van der Waals surface area contributed by atoms with Crippen LogP contribution in [0.25, 0.3) is 11.0 Å². The maximum atomic E-state index is 6.07. The maximum absolute atomic E-state index is 6.07. The van der Waals surface area contributed by atoms with E-state index in [1.807, 2.05) is 18.2 Å². The van der Waals surface area contributed by atoms with Crippen LogP contribution in [0.2, 0.25) is 5.02 Å². The zero-order valence-corrected chi connectivity index (χ0v) is 18.3. The van der Waals surface area contributed by atoms with Crippen molar-refractivity contribution in [3.8, 4) is 5.75 Å². The van der Waals surface area contributed by atoms with Gasteiger partial charge in [0.1, 0.15) is 11.6 Å². The Morgan fingerprint density at radius 3 is 2.37 bits per heavy atom. The SMILES string of the molecule is Cc1cccc(C)c1OCCCCn1c(Cc2ccc(Cl)cc2)nc2ccccc21. The van der Waals surface area contributed by atoms with Crippen LogP contribution in [0.3, 0.4) is 0 Å². The summed E-state index contributed by atoms with van der Waals surface area (Å²) in [7, 11) is 0. The molecule has 4 rings (SSSR count). The van der Waals surface area contributed by atoms with Crippen molar-refractivity contribution in [3.05, 3.63) is 94.3 Å². The number of aryl methyl sites for hydroxylation is 3. The second-order valence-electron chi connectivity index (χ2n) is 7.75. The average molecular weight is 419 g/mol. The van der Waals surface area contributed by atoms with Crippen molar-refractivity contribution >= 4 is 22.6 Å². The second-order valence-corrected chi connectivity index (χ2v) is 8.18. The van der Waals surface area contributed by atoms with Crippen LogP contribution >= 0.6 is 11.6 Å². The monoisotopic (exact) mass is 418 g/mol. The van der Waals surface area contributed by atoms with Crippen molar-refractivity contribution in [3.63, 3.8) is 0 Å². The zero-order valence-electron chi connectivity index (χ0n) is 17.6. The Morgan fingerprint density at radius 1 is 0.867 bits per heavy atom. The molecule has 1 aromatic heterocycles. The molecule has 4 aromatic rings. The first-order valence-corrected chi connectivity index (χ1v) is 10.9. The van der Waals surface area contributed by atoms with Crippen molar-refractivity contribution < 1.29 is 4.74 Å². The molecule has 0 aliphatic rings. The van der Waals surface area contributed by atoms with Crippen molar-refractivity contribution in [1.29, 1.82) is 0 Å². The number of benzene rings is 3. The van der Waals surface area contributed by atoms with Gasteiger partial charge < -0.3 is 9.30 Å². The van der Waals surface area contributed by atoms with Gasteiger partial charge in [-0.15, -0.1) is 0 Å². The van der Waals surface area contributed by atoms with Crippen molar-refractivity contribution in [1.82, 2.24) is 9.55 Å². The standard InChI is InChI=1S/C26H27ClN2O/c1-19-8-7-9-20(2)26(19)30-17-6-5-16-29-24-11-4-3-10-23(24)28-25(29)18-21-12-14-22(27)15-13-21/h3-4,7-15H,5-6,16-18H2,1-2H3. The summed E-state index contributed by atoms with van der Waals surface area (Å²) in [5.74, 6) is 2.11. The number of aromatic nitrogens is 2. The van der Waals surface area contributed by atoms with E-state index >= 15 is 0 Å². The number of rotatable bonds is 8. The highest BCUT2D eigenvalue weighted by atomic mass is 35.5. The third-order valence-corrected chi connectivity index (χ3v) is 5.69. The molecule has 0 amide bonds. The van der Waals surface area contributed by atoms with Crippen LogP contribution in [0.15, 0.2) is 66.7 Å². The molecule has 0 aliphatic heterocycles. The fourth-order valence-electron chi connectivity index (χ4n) is 3.87. The van der Waals surface area contributed by atoms with Crippen molar-refractivity contribution in [2.24, 2.45) is 0 Å². The van der Waals surface area contributed by atoms with Crippen molar-refractivity contribution in [2.75, 3.05) is 6.61 Å². The molecule has 0 spiro atoms. The summed E-state index contributed by atoms with van der Waals surface area (Å²) in [5.41, 5.74) is 5.85. The molecule has 0 N–H and O–H groups in total. The number of ether oxygens (including phenoxy) is 1. The third-order valence-electron chi connectivity index (χ3n) is 5.44. The molecule has 4 heteroatoms. The van der Waals surface area contributed by atoms with E-state index in [0.29, 0.717) is 0 Å². The van der Waals surface area contributed by atoms with Crippen LogP contribution in [0.1, 0.15) is 35.4 Å². The van der Waals surface area contributed by atoms with E-state index in [4.69, 9.17) is 21.3 Å². The van der Waals surface area contributed by atoms with Gasteiger partial charge in [0.05, 0.1) is 17.6 Å². The van der Waals surface area contributed by atoms with Crippen LogP contribution in [0.4, 0.5) is 0 Å². The summed E-state index contributed by atoms with van der Waals surface area (Å²) in [6.45, 7) is 5.86. The first-order chi connectivity index (χ1) is 14.6. The molecule has 0 fully saturated rings. The molecule has 0 unspecified atom stereocenters. The number of hydrogen-bond donors (Lipinski definition) is 0. The van der Waals surface area contributed by atoms with E-state index in [0.717, 1.165) is 54.5 Å². The number of imidazole rings is 1. The number of nitrogens with zero attached hydrogens (tertiary/aromatic N) is 2. The van der Waals surface area contributed by atoms with Gasteiger partial charge in [0.25, 0.3) is 0 Å². The summed E-state index contributed by atoms with van der Waals surface area (Å²) in [6, 6.07) is 22.7. The number of halogens is 1. The molecular weight excluding hydrogens is 392 g/mol. The fraction of sp³-hybridized carbons (Fsp3) is 0.269. The third kappa shape index (κ3) is 4.68. The summed E-state index contributed by atoms with van der Waals surface area (Å²) in [5, 5.41) is 0.760. The Bertz CT molecular complexity index is 1110. The average Bonchev–Trinajstić information content (AvgIpc) is 3.08. The van der Waals surface area contributed by atoms with E-state index < -0.39 is 0 Å². The van der Waals surface area contributed by atoms with Crippen LogP contribution in [0.5, 0.6) is 5.75 Å². The van der Waals surface area contributed by atoms with Crippen LogP contribution in [0, 0.1) is 13.8 Å². The molecular formula is C26H27ClN2O. The van der Waals surface area contributed by atoms with Gasteiger partial charge in [-0.3, -0.25) is 0 Å².